The fraction of sp³-hybridized carbons (Fsp3) is 0.300. The van der Waals surface area contributed by atoms with Crippen LogP contribution in [0.25, 0.3) is 4.85 Å². The molecule has 80 valence electrons. The second-order valence-electron chi connectivity index (χ2n) is 2.94. The highest BCUT2D eigenvalue weighted by Crippen LogP contribution is 2.31. The summed E-state index contributed by atoms with van der Waals surface area (Å²) in [6, 6.07) is 3.14. The molecule has 0 N–H and O–H groups in total. The first-order valence-corrected chi connectivity index (χ1v) is 4.52. The molecular weight excluding hydrogens is 227 g/mol. The lowest BCUT2D eigenvalue weighted by molar-refractivity contribution is -0.137. The minimum absolute atomic E-state index is 0.140. The third-order valence-electron chi connectivity index (χ3n) is 1.87. The van der Waals surface area contributed by atoms with Crippen LogP contribution in [0.5, 0.6) is 0 Å². The molecule has 0 aliphatic rings. The van der Waals surface area contributed by atoms with E-state index in [4.69, 9.17) is 18.2 Å². The average molecular weight is 234 g/mol. The van der Waals surface area contributed by atoms with Crippen molar-refractivity contribution in [2.24, 2.45) is 0 Å². The van der Waals surface area contributed by atoms with E-state index >= 15 is 0 Å². The first-order chi connectivity index (χ1) is 6.95. The van der Waals surface area contributed by atoms with Crippen molar-refractivity contribution < 1.29 is 13.2 Å². The van der Waals surface area contributed by atoms with E-state index in [1.54, 1.807) is 0 Å². The third kappa shape index (κ3) is 3.14. The van der Waals surface area contributed by atoms with Gasteiger partial charge in [0, 0.05) is 11.4 Å². The second-order valence-corrected chi connectivity index (χ2v) is 3.34. The standard InChI is InChI=1S/C10H7ClF3N/c1-15-5-4-7-6-8(10(12,13)14)2-3-9(7)11/h2-3,6H,4-5H2. The van der Waals surface area contributed by atoms with Crippen LogP contribution in [0.15, 0.2) is 18.2 Å². The maximum Gasteiger partial charge on any atom is 0.416 e. The zero-order chi connectivity index (χ0) is 11.5. The molecule has 0 radical (unpaired) electrons. The number of hydrogen-bond acceptors (Lipinski definition) is 0. The van der Waals surface area contributed by atoms with Crippen molar-refractivity contribution in [1.29, 1.82) is 0 Å². The Bertz CT molecular complexity index is 393. The molecule has 0 heterocycles. The molecule has 0 saturated heterocycles. The summed E-state index contributed by atoms with van der Waals surface area (Å²) in [6.07, 6.45) is -4.12. The molecule has 1 aromatic carbocycles. The van der Waals surface area contributed by atoms with E-state index in [0.717, 1.165) is 12.1 Å². The first-order valence-electron chi connectivity index (χ1n) is 4.14. The lowest BCUT2D eigenvalue weighted by Gasteiger charge is -2.08. The normalized spacial score (nSPS) is 11.1. The fourth-order valence-electron chi connectivity index (χ4n) is 1.12. The van der Waals surface area contributed by atoms with Gasteiger partial charge in [-0.15, -0.1) is 0 Å². The number of hydrogen-bond donors (Lipinski definition) is 0. The van der Waals surface area contributed by atoms with Crippen LogP contribution in [-0.4, -0.2) is 6.54 Å². The van der Waals surface area contributed by atoms with Crippen molar-refractivity contribution in [3.8, 4) is 0 Å². The van der Waals surface area contributed by atoms with Gasteiger partial charge in [-0.3, -0.25) is 0 Å². The molecule has 15 heavy (non-hydrogen) atoms. The van der Waals surface area contributed by atoms with Crippen molar-refractivity contribution in [3.05, 3.63) is 45.8 Å². The van der Waals surface area contributed by atoms with Crippen LogP contribution in [0.3, 0.4) is 0 Å². The minimum Gasteiger partial charge on any atom is -0.317 e. The maximum atomic E-state index is 12.3. The summed E-state index contributed by atoms with van der Waals surface area (Å²) in [6.45, 7) is 6.70. The summed E-state index contributed by atoms with van der Waals surface area (Å²) in [5.74, 6) is 0. The zero-order valence-corrected chi connectivity index (χ0v) is 8.36. The van der Waals surface area contributed by atoms with Gasteiger partial charge >= 0.3 is 6.18 Å². The van der Waals surface area contributed by atoms with Crippen LogP contribution in [0, 0.1) is 6.57 Å². The molecule has 1 rings (SSSR count). The van der Waals surface area contributed by atoms with Gasteiger partial charge in [0.15, 0.2) is 0 Å². The Morgan fingerprint density at radius 3 is 2.53 bits per heavy atom. The molecule has 0 amide bonds. The van der Waals surface area contributed by atoms with Crippen molar-refractivity contribution in [2.45, 2.75) is 12.6 Å². The van der Waals surface area contributed by atoms with Crippen molar-refractivity contribution in [3.63, 3.8) is 0 Å². The van der Waals surface area contributed by atoms with Crippen molar-refractivity contribution in [2.75, 3.05) is 6.54 Å². The van der Waals surface area contributed by atoms with Gasteiger partial charge in [-0.05, 0) is 23.8 Å². The van der Waals surface area contributed by atoms with E-state index in [2.05, 4.69) is 4.85 Å². The molecule has 0 atom stereocenters. The van der Waals surface area contributed by atoms with Gasteiger partial charge in [-0.25, -0.2) is 6.57 Å². The first kappa shape index (κ1) is 11.9. The number of alkyl halides is 3. The Kier molecular flexibility index (Phi) is 3.59. The van der Waals surface area contributed by atoms with E-state index in [1.807, 2.05) is 0 Å². The zero-order valence-electron chi connectivity index (χ0n) is 7.61. The molecule has 1 aromatic rings. The molecule has 0 saturated carbocycles. The minimum atomic E-state index is -4.36. The molecule has 5 heteroatoms. The monoisotopic (exact) mass is 233 g/mol. The van der Waals surface area contributed by atoms with Gasteiger partial charge in [-0.2, -0.15) is 13.2 Å². The number of nitrogens with zero attached hydrogens (tertiary/aromatic N) is 1. The number of halogens is 4. The van der Waals surface area contributed by atoms with Crippen molar-refractivity contribution in [1.82, 2.24) is 0 Å². The molecule has 0 spiro atoms. The van der Waals surface area contributed by atoms with E-state index < -0.39 is 11.7 Å². The topological polar surface area (TPSA) is 4.36 Å². The molecule has 0 aliphatic carbocycles. The molecule has 1 nitrogen and oxygen atoms in total. The summed E-state index contributed by atoms with van der Waals surface area (Å²) in [5.41, 5.74) is -0.366. The Morgan fingerprint density at radius 1 is 1.33 bits per heavy atom. The molecular formula is C10H7ClF3N. The van der Waals surface area contributed by atoms with Crippen molar-refractivity contribution >= 4 is 11.6 Å². The summed E-state index contributed by atoms with van der Waals surface area (Å²) in [7, 11) is 0. The summed E-state index contributed by atoms with van der Waals surface area (Å²) < 4.78 is 37.0. The molecule has 0 bridgehead atoms. The van der Waals surface area contributed by atoms with E-state index in [-0.39, 0.29) is 18.0 Å². The van der Waals surface area contributed by atoms with Crippen LogP contribution in [0.2, 0.25) is 5.02 Å². The van der Waals surface area contributed by atoms with Gasteiger partial charge in [-0.1, -0.05) is 11.6 Å². The van der Waals surface area contributed by atoms with Crippen LogP contribution in [-0.2, 0) is 12.6 Å². The molecule has 0 unspecified atom stereocenters. The van der Waals surface area contributed by atoms with Gasteiger partial charge in [0.05, 0.1) is 5.56 Å². The summed E-state index contributed by atoms with van der Waals surface area (Å²) in [5, 5.41) is 0.270. The SMILES string of the molecule is [C-]#[N+]CCc1cc(C(F)(F)F)ccc1Cl. The fourth-order valence-corrected chi connectivity index (χ4v) is 1.33. The second kappa shape index (κ2) is 4.54. The highest BCUT2D eigenvalue weighted by molar-refractivity contribution is 6.31. The maximum absolute atomic E-state index is 12.3. The smallest absolute Gasteiger partial charge is 0.317 e. The lowest BCUT2D eigenvalue weighted by Crippen LogP contribution is -2.05. The summed E-state index contributed by atoms with van der Waals surface area (Å²) >= 11 is 5.71. The highest BCUT2D eigenvalue weighted by atomic mass is 35.5. The van der Waals surface area contributed by atoms with Gasteiger partial charge in [0.1, 0.15) is 0 Å². The molecule has 0 aromatic heterocycles. The predicted molar refractivity (Wildman–Crippen MR) is 51.6 cm³/mol. The van der Waals surface area contributed by atoms with Gasteiger partial charge in [0.25, 0.3) is 0 Å². The Labute approximate surface area is 90.3 Å². The average Bonchev–Trinajstić information content (AvgIpc) is 2.15. The van der Waals surface area contributed by atoms with Crippen LogP contribution < -0.4 is 0 Å². The number of benzene rings is 1. The molecule has 0 fully saturated rings. The Morgan fingerprint density at radius 2 is 2.00 bits per heavy atom. The quantitative estimate of drug-likeness (QED) is 0.684. The lowest BCUT2D eigenvalue weighted by atomic mass is 10.1. The van der Waals surface area contributed by atoms with E-state index in [1.165, 1.54) is 6.07 Å². The van der Waals surface area contributed by atoms with Crippen LogP contribution >= 0.6 is 11.6 Å². The van der Waals surface area contributed by atoms with Crippen LogP contribution in [0.4, 0.5) is 13.2 Å². The Balaban J connectivity index is 3.01. The van der Waals surface area contributed by atoms with Crippen LogP contribution in [0.1, 0.15) is 11.1 Å². The van der Waals surface area contributed by atoms with E-state index in [0.29, 0.717) is 5.56 Å². The van der Waals surface area contributed by atoms with Gasteiger partial charge < -0.3 is 4.85 Å². The highest BCUT2D eigenvalue weighted by Gasteiger charge is 2.30. The summed E-state index contributed by atoms with van der Waals surface area (Å²) in [4.78, 5) is 3.07. The number of rotatable bonds is 2. The van der Waals surface area contributed by atoms with Gasteiger partial charge in [0.2, 0.25) is 6.54 Å². The van der Waals surface area contributed by atoms with E-state index in [9.17, 15) is 13.2 Å². The Hall–Kier alpha value is -1.21. The third-order valence-corrected chi connectivity index (χ3v) is 2.23. The largest absolute Gasteiger partial charge is 0.416 e. The molecule has 0 aliphatic heterocycles. The predicted octanol–water partition coefficient (Wildman–Crippen LogP) is 3.82.